The summed E-state index contributed by atoms with van der Waals surface area (Å²) in [5.74, 6) is 0.949. The Labute approximate surface area is 316 Å². The minimum Gasteiger partial charge on any atom is -0.504 e. The number of ether oxygens (including phenoxy) is 6. The molecule has 1 spiro atoms. The molecule has 15 heteroatoms. The van der Waals surface area contributed by atoms with Crippen LogP contribution in [0.4, 0.5) is 0 Å². The average molecular weight is 762 g/mol. The number of rotatable bonds is 3. The summed E-state index contributed by atoms with van der Waals surface area (Å²) in [6, 6.07) is 3.13. The Morgan fingerprint density at radius 1 is 1.02 bits per heavy atom. The summed E-state index contributed by atoms with van der Waals surface area (Å²) in [6.45, 7) is 5.26. The first-order chi connectivity index (χ1) is 25.9. The fourth-order valence-corrected chi connectivity index (χ4v) is 11.7. The number of phenols is 2. The van der Waals surface area contributed by atoms with Crippen LogP contribution in [0.25, 0.3) is 0 Å². The van der Waals surface area contributed by atoms with Crippen molar-refractivity contribution in [1.82, 2.24) is 15.1 Å². The Morgan fingerprint density at radius 2 is 1.80 bits per heavy atom. The van der Waals surface area contributed by atoms with Crippen LogP contribution in [0.1, 0.15) is 68.8 Å². The molecule has 0 aromatic heterocycles. The number of carbonyl (C=O) groups excluding carboxylic acids is 2. The molecule has 4 N–H and O–H groups in total. The number of piperazine rings is 1. The summed E-state index contributed by atoms with van der Waals surface area (Å²) < 4.78 is 35.9. The Kier molecular flexibility index (Phi) is 8.21. The number of fused-ring (bicyclic) bond motifs is 9. The number of likely N-dealkylation sites (N-methyl/N-ethyl adjacent to an activating group) is 1. The van der Waals surface area contributed by atoms with Gasteiger partial charge in [0.05, 0.1) is 37.6 Å². The number of esters is 2. The number of nitrogens with zero attached hydrogens (tertiary/aromatic N) is 2. The van der Waals surface area contributed by atoms with Gasteiger partial charge >= 0.3 is 11.9 Å². The van der Waals surface area contributed by atoms with Crippen molar-refractivity contribution < 1.29 is 53.3 Å². The number of aryl methyl sites for hydroxylation is 1. The van der Waals surface area contributed by atoms with Crippen molar-refractivity contribution in [3.63, 3.8) is 0 Å². The summed E-state index contributed by atoms with van der Waals surface area (Å²) in [4.78, 5) is 31.7. The van der Waals surface area contributed by atoms with Crippen molar-refractivity contribution in [2.75, 3.05) is 47.0 Å². The van der Waals surface area contributed by atoms with E-state index >= 15 is 0 Å². The minimum absolute atomic E-state index is 0.0226. The highest BCUT2D eigenvalue weighted by Gasteiger charge is 2.61. The van der Waals surface area contributed by atoms with Crippen LogP contribution < -0.4 is 29.0 Å². The molecule has 2 fully saturated rings. The summed E-state index contributed by atoms with van der Waals surface area (Å²) in [6.07, 6.45) is -0.0282. The van der Waals surface area contributed by atoms with Crippen molar-refractivity contribution in [3.8, 4) is 40.2 Å². The second kappa shape index (κ2) is 12.6. The molecule has 54 heavy (non-hydrogen) atoms. The first kappa shape index (κ1) is 35.3. The number of aliphatic hydroxyl groups is 1. The van der Waals surface area contributed by atoms with Crippen LogP contribution >= 0.6 is 11.8 Å². The molecule has 3 aromatic rings. The third kappa shape index (κ3) is 4.74. The van der Waals surface area contributed by atoms with Crippen LogP contribution in [-0.4, -0.2) is 102 Å². The molecule has 7 atom stereocenters. The quantitative estimate of drug-likeness (QED) is 0.226. The van der Waals surface area contributed by atoms with Gasteiger partial charge in [0.1, 0.15) is 18.6 Å². The Morgan fingerprint density at radius 3 is 2.54 bits per heavy atom. The van der Waals surface area contributed by atoms with E-state index in [1.54, 1.807) is 12.1 Å². The first-order valence-electron chi connectivity index (χ1n) is 18.1. The van der Waals surface area contributed by atoms with E-state index in [2.05, 4.69) is 10.2 Å². The zero-order valence-electron chi connectivity index (χ0n) is 30.8. The van der Waals surface area contributed by atoms with E-state index in [4.69, 9.17) is 28.4 Å². The van der Waals surface area contributed by atoms with Crippen molar-refractivity contribution in [2.45, 2.75) is 74.8 Å². The molecule has 0 saturated carbocycles. The lowest BCUT2D eigenvalue weighted by molar-refractivity contribution is -0.186. The molecule has 7 aliphatic rings. The van der Waals surface area contributed by atoms with Crippen molar-refractivity contribution >= 4 is 23.7 Å². The molecular formula is C39H43N3O11S. The molecule has 3 aromatic carbocycles. The smallest absolute Gasteiger partial charge is 0.331 e. The highest BCUT2D eigenvalue weighted by atomic mass is 32.2. The second-order valence-electron chi connectivity index (χ2n) is 14.9. The van der Waals surface area contributed by atoms with Crippen LogP contribution in [0.2, 0.25) is 0 Å². The molecule has 7 heterocycles. The fraction of sp³-hybridized carbons (Fsp3) is 0.487. The fourth-order valence-electron chi connectivity index (χ4n) is 10.00. The normalized spacial score (nSPS) is 29.4. The summed E-state index contributed by atoms with van der Waals surface area (Å²) in [5.41, 5.74) is 4.36. The number of methoxy groups -OCH3 is 2. The van der Waals surface area contributed by atoms with Gasteiger partial charge in [-0.3, -0.25) is 19.9 Å². The van der Waals surface area contributed by atoms with Crippen molar-refractivity contribution in [2.24, 2.45) is 0 Å². The number of phenolic OH excluding ortho intramolecular Hbond substituents is 2. The van der Waals surface area contributed by atoms with Gasteiger partial charge in [0.15, 0.2) is 40.0 Å². The lowest BCUT2D eigenvalue weighted by atomic mass is 9.73. The third-order valence-electron chi connectivity index (χ3n) is 12.3. The first-order valence-corrected chi connectivity index (χ1v) is 19.1. The number of benzene rings is 3. The van der Waals surface area contributed by atoms with Gasteiger partial charge in [-0.25, -0.2) is 4.79 Å². The second-order valence-corrected chi connectivity index (χ2v) is 16.1. The van der Waals surface area contributed by atoms with E-state index in [0.717, 1.165) is 16.7 Å². The van der Waals surface area contributed by atoms with E-state index in [-0.39, 0.29) is 42.4 Å². The summed E-state index contributed by atoms with van der Waals surface area (Å²) in [7, 11) is 4.96. The van der Waals surface area contributed by atoms with Gasteiger partial charge in [0.25, 0.3) is 0 Å². The van der Waals surface area contributed by atoms with Gasteiger partial charge < -0.3 is 43.7 Å². The number of aromatic hydroxyl groups is 2. The predicted molar refractivity (Wildman–Crippen MR) is 195 cm³/mol. The average Bonchev–Trinajstić information content (AvgIpc) is 3.63. The van der Waals surface area contributed by atoms with E-state index in [1.165, 1.54) is 32.9 Å². The highest BCUT2D eigenvalue weighted by Crippen LogP contribution is 2.64. The third-order valence-corrected chi connectivity index (χ3v) is 13.7. The van der Waals surface area contributed by atoms with E-state index < -0.39 is 47.1 Å². The van der Waals surface area contributed by atoms with Crippen molar-refractivity contribution in [3.05, 3.63) is 62.7 Å². The summed E-state index contributed by atoms with van der Waals surface area (Å²) in [5, 5.41) is 38.2. The molecule has 4 bridgehead atoms. The molecule has 2 saturated heterocycles. The van der Waals surface area contributed by atoms with Gasteiger partial charge in [-0.1, -0.05) is 6.07 Å². The number of thioether (sulfide) groups is 1. The van der Waals surface area contributed by atoms with Crippen LogP contribution in [-0.2, 0) is 32.7 Å². The number of hydrogen-bond donors (Lipinski definition) is 4. The van der Waals surface area contributed by atoms with E-state index in [1.807, 2.05) is 31.9 Å². The lowest BCUT2D eigenvalue weighted by Gasteiger charge is -2.62. The molecule has 0 amide bonds. The summed E-state index contributed by atoms with van der Waals surface area (Å²) >= 11 is 1.47. The standard InChI is InChI=1S/C39H43N3O11S/c1-16-9-20-10-22-37(46)42-23-13-50-38(47)39(21-12-25(48-5)24(44)11-19(21)7-8-40-39)14-54-36(30(42)29(41(22)4)26(20)31(45)32(16)49-6)28-27(23)35-34(51-15-52-35)17(2)33(28)53-18(3)43/h9,11-12,22-23,29-30,36-37,40,44-46H,7-8,10,13-15H2,1-6H3/t22-,23+,29-,30+,36+,37?,39+/m0/s1. The van der Waals surface area contributed by atoms with Gasteiger partial charge in [0, 0.05) is 47.5 Å². The number of aliphatic hydroxyl groups excluding tert-OH is 1. The number of carbonyl (C=O) groups is 2. The van der Waals surface area contributed by atoms with E-state index in [9.17, 15) is 24.9 Å². The molecule has 1 unspecified atom stereocenters. The topological polar surface area (TPSA) is 169 Å². The van der Waals surface area contributed by atoms with Crippen molar-refractivity contribution in [1.29, 1.82) is 0 Å². The monoisotopic (exact) mass is 761 g/mol. The molecule has 286 valence electrons. The molecule has 0 aliphatic carbocycles. The number of nitrogens with one attached hydrogen (secondary N) is 1. The van der Waals surface area contributed by atoms with Gasteiger partial charge in [0.2, 0.25) is 6.79 Å². The Balaban J connectivity index is 1.32. The predicted octanol–water partition coefficient (Wildman–Crippen LogP) is 3.41. The van der Waals surface area contributed by atoms with Crippen LogP contribution in [0.3, 0.4) is 0 Å². The van der Waals surface area contributed by atoms with Crippen LogP contribution in [0.5, 0.6) is 40.2 Å². The molecule has 10 rings (SSSR count). The molecule has 14 nitrogen and oxygen atoms in total. The van der Waals surface area contributed by atoms with E-state index in [0.29, 0.717) is 70.2 Å². The van der Waals surface area contributed by atoms with Crippen LogP contribution in [0, 0.1) is 13.8 Å². The molecule has 0 radical (unpaired) electrons. The SMILES string of the molecule is COc1cc2c(cc1O)CCN[C@]21CS[C@@H]2c3c(OC(C)=O)c(C)c4c(c3[C@@H](COC1=O)N1C(O)[C@@H]3Cc5cc(C)c(OC)c(O)c5[C@@H]([C@H]21)N3C)OCO4. The van der Waals surface area contributed by atoms with Gasteiger partial charge in [-0.05, 0) is 68.1 Å². The lowest BCUT2D eigenvalue weighted by Crippen LogP contribution is -2.70. The largest absolute Gasteiger partial charge is 0.504 e. The molecule has 7 aliphatic heterocycles. The van der Waals surface area contributed by atoms with Gasteiger partial charge in [-0.2, -0.15) is 0 Å². The molecular weight excluding hydrogens is 719 g/mol. The Hall–Kier alpha value is -4.41. The van der Waals surface area contributed by atoms with Crippen LogP contribution in [0.15, 0.2) is 18.2 Å². The zero-order valence-corrected chi connectivity index (χ0v) is 31.7. The maximum absolute atomic E-state index is 14.7. The maximum Gasteiger partial charge on any atom is 0.331 e. The van der Waals surface area contributed by atoms with Gasteiger partial charge in [-0.15, -0.1) is 11.8 Å². The Bertz CT molecular complexity index is 2130. The maximum atomic E-state index is 14.7. The highest BCUT2D eigenvalue weighted by molar-refractivity contribution is 7.99. The number of hydrogen-bond acceptors (Lipinski definition) is 15. The minimum atomic E-state index is -1.36. The zero-order chi connectivity index (χ0) is 38.0.